The highest BCUT2D eigenvalue weighted by Crippen LogP contribution is 2.37. The van der Waals surface area contributed by atoms with Crippen LogP contribution in [0.3, 0.4) is 0 Å². The van der Waals surface area contributed by atoms with E-state index in [0.717, 1.165) is 68.1 Å². The predicted molar refractivity (Wildman–Crippen MR) is 160 cm³/mol. The van der Waals surface area contributed by atoms with E-state index in [9.17, 15) is 26.4 Å². The number of carbonyl (C=O) groups excluding carboxylic acids is 1. The summed E-state index contributed by atoms with van der Waals surface area (Å²) >= 11 is 6.21. The summed E-state index contributed by atoms with van der Waals surface area (Å²) in [6.07, 6.45) is -0.0879. The molecule has 43 heavy (non-hydrogen) atoms. The number of benzene rings is 2. The third-order valence-electron chi connectivity index (χ3n) is 8.75. The number of aromatic nitrogens is 2. The molecule has 1 atom stereocenters. The van der Waals surface area contributed by atoms with Crippen LogP contribution in [-0.2, 0) is 40.2 Å². The minimum Gasteiger partial charge on any atom is -0.369 e. The lowest BCUT2D eigenvalue weighted by Crippen LogP contribution is -2.46. The summed E-state index contributed by atoms with van der Waals surface area (Å²) in [6, 6.07) is 10.6. The molecule has 6 rings (SSSR count). The smallest absolute Gasteiger partial charge is 0.369 e. The molecule has 13 heteroatoms. The maximum atomic E-state index is 13.1. The fourth-order valence-corrected chi connectivity index (χ4v) is 7.47. The van der Waals surface area contributed by atoms with Gasteiger partial charge >= 0.3 is 6.18 Å². The summed E-state index contributed by atoms with van der Waals surface area (Å²) in [7, 11) is -3.33. The van der Waals surface area contributed by atoms with Crippen molar-refractivity contribution in [1.82, 2.24) is 14.7 Å². The third-order valence-corrected chi connectivity index (χ3v) is 10.5. The third kappa shape index (κ3) is 6.14. The first-order valence-corrected chi connectivity index (χ1v) is 16.7. The SMILES string of the molecule is CS(=O)(=O)C1CNc2c(c(-c3ccc(C(F)(F)F)cc3)nn2CCCN2CCC(N3C(=O)Cc4ccc(Cl)cc43)CC2)C1. The molecular formula is C30H33ClF3N5O3S. The Bertz CT molecular complexity index is 1630. The molecule has 0 bridgehead atoms. The van der Waals surface area contributed by atoms with E-state index >= 15 is 0 Å². The minimum atomic E-state index is -4.45. The number of piperidine rings is 1. The number of halogens is 4. The summed E-state index contributed by atoms with van der Waals surface area (Å²) in [5.41, 5.74) is 2.92. The van der Waals surface area contributed by atoms with Crippen LogP contribution in [0.1, 0.15) is 36.0 Å². The number of carbonyl (C=O) groups is 1. The van der Waals surface area contributed by atoms with E-state index < -0.39 is 26.8 Å². The summed E-state index contributed by atoms with van der Waals surface area (Å²) in [4.78, 5) is 17.1. The highest BCUT2D eigenvalue weighted by atomic mass is 35.5. The van der Waals surface area contributed by atoms with E-state index in [-0.39, 0.29) is 24.9 Å². The number of amides is 1. The van der Waals surface area contributed by atoms with E-state index in [2.05, 4.69) is 10.2 Å². The molecular weight excluding hydrogens is 603 g/mol. The lowest BCUT2D eigenvalue weighted by molar-refractivity contribution is -0.137. The van der Waals surface area contributed by atoms with Crippen molar-refractivity contribution in [3.8, 4) is 11.3 Å². The number of anilines is 2. The van der Waals surface area contributed by atoms with Crippen LogP contribution < -0.4 is 10.2 Å². The number of sulfone groups is 1. The van der Waals surface area contributed by atoms with E-state index in [4.69, 9.17) is 16.7 Å². The number of rotatable bonds is 7. The second kappa shape index (κ2) is 11.4. The molecule has 230 valence electrons. The van der Waals surface area contributed by atoms with Crippen LogP contribution in [0.4, 0.5) is 24.7 Å². The molecule has 0 radical (unpaired) electrons. The first kappa shape index (κ1) is 30.0. The van der Waals surface area contributed by atoms with Crippen molar-refractivity contribution in [1.29, 1.82) is 0 Å². The second-order valence-electron chi connectivity index (χ2n) is 11.7. The van der Waals surface area contributed by atoms with Crippen LogP contribution in [0.5, 0.6) is 0 Å². The molecule has 1 amide bonds. The van der Waals surface area contributed by atoms with Gasteiger partial charge in [-0.3, -0.25) is 4.79 Å². The molecule has 1 saturated heterocycles. The Kier molecular flexibility index (Phi) is 7.97. The van der Waals surface area contributed by atoms with Crippen LogP contribution in [-0.4, -0.2) is 72.7 Å². The Morgan fingerprint density at radius 3 is 2.47 bits per heavy atom. The van der Waals surface area contributed by atoms with Crippen LogP contribution in [0.2, 0.25) is 5.02 Å². The Labute approximate surface area is 253 Å². The number of hydrogen-bond acceptors (Lipinski definition) is 6. The Morgan fingerprint density at radius 1 is 1.07 bits per heavy atom. The van der Waals surface area contributed by atoms with Crippen molar-refractivity contribution < 1.29 is 26.4 Å². The molecule has 1 unspecified atom stereocenters. The van der Waals surface area contributed by atoms with Crippen molar-refractivity contribution in [2.24, 2.45) is 0 Å². The number of nitrogens with zero attached hydrogens (tertiary/aromatic N) is 4. The lowest BCUT2D eigenvalue weighted by Gasteiger charge is -2.37. The zero-order chi connectivity index (χ0) is 30.5. The standard InChI is InChI=1S/C30H33ClF3N5O3S/c1-43(41,42)24-17-25-28(19-3-6-21(7-4-19)30(32,33)34)36-38(29(25)35-18-24)12-2-11-37-13-9-23(10-14-37)39-26-16-22(31)8-5-20(26)15-27(39)40/h3-8,16,23-24,35H,2,9-15,17-18H2,1H3. The highest BCUT2D eigenvalue weighted by molar-refractivity contribution is 7.91. The van der Waals surface area contributed by atoms with Crippen LogP contribution in [0.15, 0.2) is 42.5 Å². The van der Waals surface area contributed by atoms with Gasteiger partial charge in [0.2, 0.25) is 5.91 Å². The first-order valence-electron chi connectivity index (χ1n) is 14.4. The summed E-state index contributed by atoms with van der Waals surface area (Å²) < 4.78 is 65.9. The highest BCUT2D eigenvalue weighted by Gasteiger charge is 2.36. The molecule has 0 spiro atoms. The molecule has 8 nitrogen and oxygen atoms in total. The maximum absolute atomic E-state index is 13.1. The van der Waals surface area contributed by atoms with E-state index in [0.29, 0.717) is 34.8 Å². The predicted octanol–water partition coefficient (Wildman–Crippen LogP) is 5.05. The zero-order valence-corrected chi connectivity index (χ0v) is 25.3. The minimum absolute atomic E-state index is 0.119. The number of nitrogens with one attached hydrogen (secondary N) is 1. The van der Waals surface area contributed by atoms with Crippen molar-refractivity contribution in [2.75, 3.05) is 42.7 Å². The second-order valence-corrected chi connectivity index (χ2v) is 14.4. The first-order chi connectivity index (χ1) is 20.4. The molecule has 1 aromatic heterocycles. The maximum Gasteiger partial charge on any atom is 0.416 e. The van der Waals surface area contributed by atoms with Gasteiger partial charge in [-0.2, -0.15) is 18.3 Å². The quantitative estimate of drug-likeness (QED) is 0.391. The number of likely N-dealkylation sites (tertiary alicyclic amines) is 1. The van der Waals surface area contributed by atoms with E-state index in [1.807, 2.05) is 27.8 Å². The molecule has 0 saturated carbocycles. The topological polar surface area (TPSA) is 87.5 Å². The molecule has 3 aliphatic rings. The van der Waals surface area contributed by atoms with E-state index in [1.165, 1.54) is 18.4 Å². The van der Waals surface area contributed by atoms with Gasteiger partial charge in [0.05, 0.1) is 22.9 Å². The summed E-state index contributed by atoms with van der Waals surface area (Å²) in [6.45, 7) is 3.34. The van der Waals surface area contributed by atoms with Gasteiger partial charge in [-0.25, -0.2) is 13.1 Å². The summed E-state index contributed by atoms with van der Waals surface area (Å²) in [5.74, 6) is 0.840. The fourth-order valence-electron chi connectivity index (χ4n) is 6.45. The van der Waals surface area contributed by atoms with Gasteiger partial charge in [0.25, 0.3) is 0 Å². The van der Waals surface area contributed by atoms with Crippen molar-refractivity contribution >= 4 is 38.9 Å². The van der Waals surface area contributed by atoms with Gasteiger partial charge in [-0.15, -0.1) is 0 Å². The van der Waals surface area contributed by atoms with Crippen molar-refractivity contribution in [3.05, 3.63) is 64.2 Å². The molecule has 0 aliphatic carbocycles. The average Bonchev–Trinajstić information content (AvgIpc) is 3.49. The van der Waals surface area contributed by atoms with Crippen LogP contribution in [0.25, 0.3) is 11.3 Å². The summed E-state index contributed by atoms with van der Waals surface area (Å²) in [5, 5.41) is 7.98. The van der Waals surface area contributed by atoms with Gasteiger partial charge < -0.3 is 15.1 Å². The molecule has 2 aromatic carbocycles. The Morgan fingerprint density at radius 2 is 1.79 bits per heavy atom. The van der Waals surface area contributed by atoms with Gasteiger partial charge in [0, 0.05) is 60.3 Å². The normalized spacial score (nSPS) is 19.8. The van der Waals surface area contributed by atoms with Crippen molar-refractivity contribution in [3.63, 3.8) is 0 Å². The molecule has 1 fully saturated rings. The van der Waals surface area contributed by atoms with Gasteiger partial charge in [-0.05, 0) is 62.1 Å². The number of aryl methyl sites for hydroxylation is 1. The lowest BCUT2D eigenvalue weighted by atomic mass is 10.00. The van der Waals surface area contributed by atoms with E-state index in [1.54, 1.807) is 0 Å². The Hall–Kier alpha value is -3.09. The van der Waals surface area contributed by atoms with Gasteiger partial charge in [0.1, 0.15) is 5.82 Å². The average molecular weight is 636 g/mol. The molecule has 4 heterocycles. The largest absolute Gasteiger partial charge is 0.416 e. The van der Waals surface area contributed by atoms with Gasteiger partial charge in [0.15, 0.2) is 9.84 Å². The number of alkyl halides is 3. The number of fused-ring (bicyclic) bond motifs is 2. The molecule has 1 N–H and O–H groups in total. The van der Waals surface area contributed by atoms with Crippen molar-refractivity contribution in [2.45, 2.75) is 56.1 Å². The van der Waals surface area contributed by atoms with Gasteiger partial charge in [-0.1, -0.05) is 29.8 Å². The Balaban J connectivity index is 1.12. The monoisotopic (exact) mass is 635 g/mol. The zero-order valence-electron chi connectivity index (χ0n) is 23.7. The molecule has 3 aliphatic heterocycles. The number of hydrogen-bond donors (Lipinski definition) is 1. The fraction of sp³-hybridized carbons (Fsp3) is 0.467. The van der Waals surface area contributed by atoms with Crippen LogP contribution >= 0.6 is 11.6 Å². The van der Waals surface area contributed by atoms with Crippen LogP contribution in [0, 0.1) is 0 Å². The molecule has 3 aromatic rings.